The van der Waals surface area contributed by atoms with Crippen LogP contribution in [-0.4, -0.2) is 32.6 Å². The minimum Gasteiger partial charge on any atom is -0.449 e. The van der Waals surface area contributed by atoms with E-state index in [9.17, 15) is 18.0 Å². The molecule has 0 saturated heterocycles. The lowest BCUT2D eigenvalue weighted by Gasteiger charge is -2.18. The van der Waals surface area contributed by atoms with Crippen LogP contribution in [0.15, 0.2) is 82.7 Å². The highest BCUT2D eigenvalue weighted by molar-refractivity contribution is 7.90. The summed E-state index contributed by atoms with van der Waals surface area (Å²) in [7, 11) is -3.65. The fraction of sp³-hybridized carbons (Fsp3) is 0.192. The second kappa shape index (κ2) is 9.61. The van der Waals surface area contributed by atoms with Crippen molar-refractivity contribution in [1.82, 2.24) is 4.72 Å². The van der Waals surface area contributed by atoms with Crippen LogP contribution in [0.5, 0.6) is 0 Å². The summed E-state index contributed by atoms with van der Waals surface area (Å²) in [5.41, 5.74) is 3.52. The van der Waals surface area contributed by atoms with Crippen LogP contribution in [0, 0.1) is 13.8 Å². The molecule has 1 N–H and O–H groups in total. The van der Waals surface area contributed by atoms with Gasteiger partial charge in [0.2, 0.25) is 5.78 Å². The average Bonchev–Trinajstić information content (AvgIpc) is 3.08. The number of ketones is 1. The van der Waals surface area contributed by atoms with E-state index in [1.807, 2.05) is 38.1 Å². The zero-order valence-electron chi connectivity index (χ0n) is 18.8. The minimum atomic E-state index is -3.65. The molecule has 0 amide bonds. The Labute approximate surface area is 198 Å². The maximum Gasteiger partial charge on any atom is 0.308 e. The molecule has 34 heavy (non-hydrogen) atoms. The van der Waals surface area contributed by atoms with Gasteiger partial charge in [0.25, 0.3) is 10.0 Å². The van der Waals surface area contributed by atoms with Crippen molar-refractivity contribution in [2.75, 3.05) is 6.54 Å². The molecule has 1 heterocycles. The number of carbonyl (C=O) groups excluding carboxylic acids is 2. The Morgan fingerprint density at radius 1 is 0.912 bits per heavy atom. The van der Waals surface area contributed by atoms with Crippen molar-refractivity contribution in [2.24, 2.45) is 4.99 Å². The number of Topliss-reactive ketones (excluding diaryl/α,β-unsaturated/α-hetero) is 1. The van der Waals surface area contributed by atoms with E-state index < -0.39 is 22.1 Å². The van der Waals surface area contributed by atoms with Crippen molar-refractivity contribution < 1.29 is 22.7 Å². The first-order valence-electron chi connectivity index (χ1n) is 10.8. The van der Waals surface area contributed by atoms with Gasteiger partial charge in [-0.15, -0.1) is 0 Å². The van der Waals surface area contributed by atoms with Gasteiger partial charge in [-0.2, -0.15) is 0 Å². The van der Waals surface area contributed by atoms with Gasteiger partial charge in [0.15, 0.2) is 6.10 Å². The van der Waals surface area contributed by atoms with E-state index in [4.69, 9.17) is 4.74 Å². The third-order valence-corrected chi connectivity index (χ3v) is 6.85. The summed E-state index contributed by atoms with van der Waals surface area (Å²) < 4.78 is 32.4. The van der Waals surface area contributed by atoms with E-state index in [0.29, 0.717) is 16.7 Å². The molecule has 1 unspecified atom stereocenters. The molecule has 0 spiro atoms. The van der Waals surface area contributed by atoms with Gasteiger partial charge in [0, 0.05) is 16.7 Å². The standard InChI is InChI=1S/C26H24N2O5S/c1-17-7-11-19(12-8-17)24(30)25(20-13-9-18(2)10-14-20)33-23(29)15-16-27-26-21-5-3-4-6-22(21)34(31,32)28-26/h3-14,25H,15-16H2,1-2H3,(H,27,28). The van der Waals surface area contributed by atoms with Gasteiger partial charge >= 0.3 is 5.97 Å². The number of hydrogen-bond acceptors (Lipinski definition) is 6. The number of fused-ring (bicyclic) bond motifs is 1. The van der Waals surface area contributed by atoms with Gasteiger partial charge < -0.3 is 4.74 Å². The monoisotopic (exact) mass is 476 g/mol. The molecule has 7 nitrogen and oxygen atoms in total. The number of hydrogen-bond donors (Lipinski definition) is 1. The van der Waals surface area contributed by atoms with Gasteiger partial charge in [-0.25, -0.2) is 8.42 Å². The van der Waals surface area contributed by atoms with Gasteiger partial charge in [-0.05, 0) is 26.0 Å². The van der Waals surface area contributed by atoms with Crippen LogP contribution in [0.3, 0.4) is 0 Å². The highest BCUT2D eigenvalue weighted by atomic mass is 32.2. The fourth-order valence-electron chi connectivity index (χ4n) is 3.58. The van der Waals surface area contributed by atoms with Crippen LogP contribution in [0.2, 0.25) is 0 Å². The van der Waals surface area contributed by atoms with Gasteiger partial charge in [0.1, 0.15) is 5.84 Å². The van der Waals surface area contributed by atoms with Gasteiger partial charge in [0.05, 0.1) is 17.9 Å². The lowest BCUT2D eigenvalue weighted by molar-refractivity contribution is -0.147. The minimum absolute atomic E-state index is 0.00433. The summed E-state index contributed by atoms with van der Waals surface area (Å²) in [4.78, 5) is 30.2. The van der Waals surface area contributed by atoms with Crippen LogP contribution < -0.4 is 4.72 Å². The largest absolute Gasteiger partial charge is 0.449 e. The zero-order valence-corrected chi connectivity index (χ0v) is 19.6. The number of aryl methyl sites for hydroxylation is 2. The summed E-state index contributed by atoms with van der Waals surface area (Å²) in [5.74, 6) is -0.736. The third-order valence-electron chi connectivity index (χ3n) is 5.45. The van der Waals surface area contributed by atoms with E-state index >= 15 is 0 Å². The molecule has 1 aliphatic heterocycles. The van der Waals surface area contributed by atoms with E-state index in [1.165, 1.54) is 6.07 Å². The Morgan fingerprint density at radius 2 is 1.53 bits per heavy atom. The predicted molar refractivity (Wildman–Crippen MR) is 128 cm³/mol. The van der Waals surface area contributed by atoms with Gasteiger partial charge in [-0.1, -0.05) is 71.8 Å². The Balaban J connectivity index is 1.49. The number of esters is 1. The fourth-order valence-corrected chi connectivity index (χ4v) is 4.83. The number of carbonyl (C=O) groups is 2. The number of nitrogens with zero attached hydrogens (tertiary/aromatic N) is 1. The third kappa shape index (κ3) is 5.07. The maximum absolute atomic E-state index is 13.2. The van der Waals surface area contributed by atoms with E-state index in [0.717, 1.165) is 11.1 Å². The molecule has 0 saturated carbocycles. The lowest BCUT2D eigenvalue weighted by atomic mass is 9.98. The Hall–Kier alpha value is -3.78. The lowest BCUT2D eigenvalue weighted by Crippen LogP contribution is -2.23. The first-order valence-corrected chi connectivity index (χ1v) is 12.3. The number of benzene rings is 3. The number of rotatable bonds is 7. The number of amidine groups is 1. The molecule has 0 bridgehead atoms. The van der Waals surface area contributed by atoms with Crippen molar-refractivity contribution in [3.05, 3.63) is 101 Å². The molecule has 174 valence electrons. The van der Waals surface area contributed by atoms with Crippen molar-refractivity contribution in [3.63, 3.8) is 0 Å². The number of ether oxygens (including phenoxy) is 1. The molecular formula is C26H24N2O5S. The molecule has 0 fully saturated rings. The highest BCUT2D eigenvalue weighted by Gasteiger charge is 2.30. The molecular weight excluding hydrogens is 452 g/mol. The molecule has 4 rings (SSSR count). The van der Waals surface area contributed by atoms with Crippen molar-refractivity contribution >= 4 is 27.6 Å². The van der Waals surface area contributed by atoms with E-state index in [2.05, 4.69) is 9.71 Å². The van der Waals surface area contributed by atoms with E-state index in [1.54, 1.807) is 42.5 Å². The summed E-state index contributed by atoms with van der Waals surface area (Å²) in [6.45, 7) is 3.86. The average molecular weight is 477 g/mol. The second-order valence-corrected chi connectivity index (χ2v) is 9.74. The smallest absolute Gasteiger partial charge is 0.308 e. The van der Waals surface area contributed by atoms with Gasteiger partial charge in [-0.3, -0.25) is 19.3 Å². The highest BCUT2D eigenvalue weighted by Crippen LogP contribution is 2.25. The number of nitrogens with one attached hydrogen (secondary N) is 1. The molecule has 0 aliphatic carbocycles. The first kappa shape index (κ1) is 23.4. The van der Waals surface area contributed by atoms with Crippen LogP contribution in [0.25, 0.3) is 0 Å². The number of aliphatic imine (C=N–C) groups is 1. The summed E-state index contributed by atoms with van der Waals surface area (Å²) in [6, 6.07) is 20.8. The quantitative estimate of drug-likeness (QED) is 0.412. The summed E-state index contributed by atoms with van der Waals surface area (Å²) >= 11 is 0. The summed E-state index contributed by atoms with van der Waals surface area (Å²) in [6.07, 6.45) is -1.20. The van der Waals surface area contributed by atoms with Crippen LogP contribution >= 0.6 is 0 Å². The molecule has 0 radical (unpaired) electrons. The Morgan fingerprint density at radius 3 is 2.21 bits per heavy atom. The molecule has 0 aromatic heterocycles. The van der Waals surface area contributed by atoms with E-state index in [-0.39, 0.29) is 29.5 Å². The van der Waals surface area contributed by atoms with Crippen LogP contribution in [0.1, 0.15) is 45.1 Å². The van der Waals surface area contributed by atoms with Crippen molar-refractivity contribution in [2.45, 2.75) is 31.3 Å². The molecule has 3 aromatic rings. The maximum atomic E-state index is 13.2. The topological polar surface area (TPSA) is 102 Å². The van der Waals surface area contributed by atoms with Crippen molar-refractivity contribution in [3.8, 4) is 0 Å². The molecule has 8 heteroatoms. The Kier molecular flexibility index (Phi) is 6.61. The second-order valence-electron chi connectivity index (χ2n) is 8.09. The predicted octanol–water partition coefficient (Wildman–Crippen LogP) is 3.90. The van der Waals surface area contributed by atoms with Crippen LogP contribution in [-0.2, 0) is 19.6 Å². The molecule has 1 aliphatic rings. The SMILES string of the molecule is Cc1ccc(C(=O)C(OC(=O)CCN=C2NS(=O)(=O)c3ccccc32)c2ccc(C)cc2)cc1. The molecule has 1 atom stereocenters. The number of sulfonamides is 1. The van der Waals surface area contributed by atoms with Crippen molar-refractivity contribution in [1.29, 1.82) is 0 Å². The first-order chi connectivity index (χ1) is 16.2. The molecule has 3 aromatic carbocycles. The normalized spacial score (nSPS) is 15.9. The zero-order chi connectivity index (χ0) is 24.3. The summed E-state index contributed by atoms with van der Waals surface area (Å²) in [5, 5.41) is 0. The Bertz CT molecular complexity index is 1360. The van der Waals surface area contributed by atoms with Crippen LogP contribution in [0.4, 0.5) is 0 Å².